The Balaban J connectivity index is 2.43. The van der Waals surface area contributed by atoms with E-state index >= 15 is 0 Å². The van der Waals surface area contributed by atoms with Gasteiger partial charge in [0.25, 0.3) is 10.0 Å². The topological polar surface area (TPSA) is 85.1 Å². The fraction of sp³-hybridized carbons (Fsp3) is 0.154. The van der Waals surface area contributed by atoms with Gasteiger partial charge in [-0.15, -0.1) is 0 Å². The molecule has 3 N–H and O–H groups in total. The Morgan fingerprint density at radius 3 is 2.75 bits per heavy atom. The molecule has 0 atom stereocenters. The number of hydrogen-bond acceptors (Lipinski definition) is 4. The number of rotatable bonds is 4. The van der Waals surface area contributed by atoms with Crippen LogP contribution in [0.3, 0.4) is 0 Å². The molecule has 0 amide bonds. The number of aromatic nitrogens is 1. The molecule has 0 aliphatic heterocycles. The van der Waals surface area contributed by atoms with Crippen molar-refractivity contribution < 1.29 is 8.42 Å². The van der Waals surface area contributed by atoms with Crippen LogP contribution in [0.25, 0.3) is 0 Å². The summed E-state index contributed by atoms with van der Waals surface area (Å²) in [5.41, 5.74) is 7.03. The molecule has 106 valence electrons. The van der Waals surface area contributed by atoms with Gasteiger partial charge in [0.05, 0.1) is 10.7 Å². The lowest BCUT2D eigenvalue weighted by Crippen LogP contribution is -2.16. The number of hydrogen-bond donors (Lipinski definition) is 2. The van der Waals surface area contributed by atoms with Gasteiger partial charge in [-0.3, -0.25) is 4.72 Å². The second kappa shape index (κ2) is 5.68. The average Bonchev–Trinajstić information content (AvgIpc) is 2.41. The third-order valence-corrected chi connectivity index (χ3v) is 4.38. The Labute approximate surface area is 122 Å². The van der Waals surface area contributed by atoms with Crippen LogP contribution < -0.4 is 10.5 Å². The van der Waals surface area contributed by atoms with Gasteiger partial charge in [0, 0.05) is 6.20 Å². The molecule has 1 heterocycles. The predicted molar refractivity (Wildman–Crippen MR) is 80.3 cm³/mol. The van der Waals surface area contributed by atoms with Crippen LogP contribution in [0, 0.1) is 0 Å². The van der Waals surface area contributed by atoms with E-state index in [2.05, 4.69) is 9.71 Å². The van der Waals surface area contributed by atoms with Crippen molar-refractivity contribution in [2.75, 3.05) is 10.5 Å². The SMILES string of the molecule is CCc1ccccc1NS(=O)(=O)c1cc(Cl)cnc1N. The minimum absolute atomic E-state index is 0.0871. The average molecular weight is 312 g/mol. The van der Waals surface area contributed by atoms with E-state index in [9.17, 15) is 8.42 Å². The van der Waals surface area contributed by atoms with E-state index in [0.717, 1.165) is 5.56 Å². The van der Waals surface area contributed by atoms with E-state index in [1.54, 1.807) is 12.1 Å². The van der Waals surface area contributed by atoms with Gasteiger partial charge in [0.2, 0.25) is 0 Å². The number of nitrogens with zero attached hydrogens (tertiary/aromatic N) is 1. The molecule has 0 bridgehead atoms. The Morgan fingerprint density at radius 2 is 2.05 bits per heavy atom. The van der Waals surface area contributed by atoms with Gasteiger partial charge >= 0.3 is 0 Å². The van der Waals surface area contributed by atoms with E-state index < -0.39 is 10.0 Å². The van der Waals surface area contributed by atoms with Gasteiger partial charge in [-0.2, -0.15) is 0 Å². The Kier molecular flexibility index (Phi) is 4.15. The highest BCUT2D eigenvalue weighted by Crippen LogP contribution is 2.24. The summed E-state index contributed by atoms with van der Waals surface area (Å²) in [6, 6.07) is 8.45. The molecule has 1 aromatic carbocycles. The maximum absolute atomic E-state index is 12.4. The van der Waals surface area contributed by atoms with E-state index in [1.165, 1.54) is 12.3 Å². The van der Waals surface area contributed by atoms with E-state index in [0.29, 0.717) is 12.1 Å². The summed E-state index contributed by atoms with van der Waals surface area (Å²) >= 11 is 5.77. The number of aryl methyl sites for hydroxylation is 1. The molecule has 0 saturated heterocycles. The van der Waals surface area contributed by atoms with E-state index in [1.807, 2.05) is 19.1 Å². The zero-order valence-electron chi connectivity index (χ0n) is 10.8. The molecule has 0 fully saturated rings. The highest BCUT2D eigenvalue weighted by atomic mass is 35.5. The van der Waals surface area contributed by atoms with Crippen molar-refractivity contribution in [1.29, 1.82) is 0 Å². The minimum atomic E-state index is -3.82. The number of nitrogens with two attached hydrogens (primary N) is 1. The first-order valence-electron chi connectivity index (χ1n) is 5.96. The predicted octanol–water partition coefficient (Wildman–Crippen LogP) is 2.68. The zero-order chi connectivity index (χ0) is 14.8. The molecule has 0 saturated carbocycles. The first kappa shape index (κ1) is 14.6. The van der Waals surface area contributed by atoms with Gasteiger partial charge in [-0.1, -0.05) is 36.7 Å². The number of nitrogens with one attached hydrogen (secondary N) is 1. The fourth-order valence-corrected chi connectivity index (χ4v) is 3.21. The van der Waals surface area contributed by atoms with Crippen molar-refractivity contribution in [1.82, 2.24) is 4.98 Å². The van der Waals surface area contributed by atoms with Crippen LogP contribution in [0.4, 0.5) is 11.5 Å². The second-order valence-electron chi connectivity index (χ2n) is 4.15. The number of nitrogen functional groups attached to an aromatic ring is 1. The van der Waals surface area contributed by atoms with Crippen LogP contribution in [0.5, 0.6) is 0 Å². The van der Waals surface area contributed by atoms with Gasteiger partial charge in [-0.25, -0.2) is 13.4 Å². The molecule has 0 spiro atoms. The molecule has 20 heavy (non-hydrogen) atoms. The summed E-state index contributed by atoms with van der Waals surface area (Å²) in [6.07, 6.45) is 2.01. The second-order valence-corrected chi connectivity index (χ2v) is 6.24. The van der Waals surface area contributed by atoms with Gasteiger partial charge in [0.15, 0.2) is 0 Å². The number of sulfonamides is 1. The smallest absolute Gasteiger partial charge is 0.265 e. The van der Waals surface area contributed by atoms with Crippen LogP contribution in [0.1, 0.15) is 12.5 Å². The van der Waals surface area contributed by atoms with Crippen LogP contribution in [-0.2, 0) is 16.4 Å². The molecular formula is C13H14ClN3O2S. The summed E-state index contributed by atoms with van der Waals surface area (Å²) in [5, 5.41) is 0.211. The van der Waals surface area contributed by atoms with Crippen molar-refractivity contribution in [3.8, 4) is 0 Å². The van der Waals surface area contributed by atoms with Crippen molar-refractivity contribution in [3.05, 3.63) is 47.1 Å². The van der Waals surface area contributed by atoms with Gasteiger partial charge in [0.1, 0.15) is 10.7 Å². The molecule has 1 aromatic heterocycles. The molecule has 5 nitrogen and oxygen atoms in total. The lowest BCUT2D eigenvalue weighted by atomic mass is 10.1. The van der Waals surface area contributed by atoms with Crippen LogP contribution in [0.15, 0.2) is 41.4 Å². The Bertz CT molecular complexity index is 732. The summed E-state index contributed by atoms with van der Waals surface area (Å²) in [4.78, 5) is 3.63. The number of para-hydroxylation sites is 1. The summed E-state index contributed by atoms with van der Waals surface area (Å²) in [7, 11) is -3.82. The highest BCUT2D eigenvalue weighted by Gasteiger charge is 2.20. The quantitative estimate of drug-likeness (QED) is 0.909. The molecule has 0 radical (unpaired) electrons. The van der Waals surface area contributed by atoms with E-state index in [4.69, 9.17) is 17.3 Å². The van der Waals surface area contributed by atoms with E-state index in [-0.39, 0.29) is 15.7 Å². The molecule has 0 aliphatic rings. The maximum Gasteiger partial charge on any atom is 0.265 e. The van der Waals surface area contributed by atoms with Crippen molar-refractivity contribution in [3.63, 3.8) is 0 Å². The van der Waals surface area contributed by atoms with Gasteiger partial charge in [-0.05, 0) is 24.1 Å². The third kappa shape index (κ3) is 3.02. The summed E-state index contributed by atoms with van der Waals surface area (Å²) in [5.74, 6) is -0.0871. The normalized spacial score (nSPS) is 11.3. The summed E-state index contributed by atoms with van der Waals surface area (Å²) in [6.45, 7) is 1.95. The number of anilines is 2. The van der Waals surface area contributed by atoms with Crippen LogP contribution in [-0.4, -0.2) is 13.4 Å². The Hall–Kier alpha value is -1.79. The first-order chi connectivity index (χ1) is 9.44. The third-order valence-electron chi connectivity index (χ3n) is 2.78. The van der Waals surface area contributed by atoms with Crippen LogP contribution in [0.2, 0.25) is 5.02 Å². The largest absolute Gasteiger partial charge is 0.383 e. The van der Waals surface area contributed by atoms with Crippen molar-refractivity contribution in [2.45, 2.75) is 18.2 Å². The maximum atomic E-state index is 12.4. The Morgan fingerprint density at radius 1 is 1.35 bits per heavy atom. The standard InChI is InChI=1S/C13H14ClN3O2S/c1-2-9-5-3-4-6-11(9)17-20(18,19)12-7-10(14)8-16-13(12)15/h3-8,17H,2H2,1H3,(H2,15,16). The number of halogens is 1. The molecule has 2 aromatic rings. The summed E-state index contributed by atoms with van der Waals surface area (Å²) < 4.78 is 27.2. The molecular weight excluding hydrogens is 298 g/mol. The molecule has 0 aliphatic carbocycles. The highest BCUT2D eigenvalue weighted by molar-refractivity contribution is 7.92. The fourth-order valence-electron chi connectivity index (χ4n) is 1.77. The van der Waals surface area contributed by atoms with Crippen LogP contribution >= 0.6 is 11.6 Å². The molecule has 0 unspecified atom stereocenters. The monoisotopic (exact) mass is 311 g/mol. The molecule has 7 heteroatoms. The van der Waals surface area contributed by atoms with Gasteiger partial charge < -0.3 is 5.73 Å². The number of benzene rings is 1. The number of pyridine rings is 1. The first-order valence-corrected chi connectivity index (χ1v) is 7.82. The van der Waals surface area contributed by atoms with Crippen molar-refractivity contribution >= 4 is 33.1 Å². The lowest BCUT2D eigenvalue weighted by molar-refractivity contribution is 0.601. The minimum Gasteiger partial charge on any atom is -0.383 e. The lowest BCUT2D eigenvalue weighted by Gasteiger charge is -2.12. The van der Waals surface area contributed by atoms with Crippen molar-refractivity contribution in [2.24, 2.45) is 0 Å². The zero-order valence-corrected chi connectivity index (χ0v) is 12.4. The molecule has 2 rings (SSSR count).